The van der Waals surface area contributed by atoms with Crippen molar-refractivity contribution in [1.29, 1.82) is 0 Å². The third-order valence-corrected chi connectivity index (χ3v) is 7.91. The molecule has 0 unspecified atom stereocenters. The average molecular weight is 649 g/mol. The highest BCUT2D eigenvalue weighted by molar-refractivity contribution is 5.83. The van der Waals surface area contributed by atoms with Crippen molar-refractivity contribution >= 4 is 22.9 Å². The molecule has 13 nitrogen and oxygen atoms in total. The van der Waals surface area contributed by atoms with E-state index in [4.69, 9.17) is 25.7 Å². The Morgan fingerprint density at radius 2 is 1.72 bits per heavy atom. The number of carbonyl (C=O) groups excluding carboxylic acids is 1. The van der Waals surface area contributed by atoms with Gasteiger partial charge in [-0.15, -0.1) is 0 Å². The van der Waals surface area contributed by atoms with Crippen LogP contribution < -0.4 is 20.9 Å². The molecule has 1 aromatic carbocycles. The van der Waals surface area contributed by atoms with E-state index >= 15 is 0 Å². The Bertz CT molecular complexity index is 1620. The third-order valence-electron chi connectivity index (χ3n) is 7.91. The first-order valence-electron chi connectivity index (χ1n) is 16.0. The standard InChI is InChI=1S/C34H48N8O5/c1-7-8-18-45-31-39-28(36)27-29(40-31)42(32(44)38-27)22-24-11-14-26(37-20-24)47-25-12-9-23(10-13-25)21-41(6)30(43)33(2,3)16-19-46-34(4,5)15-17-35/h9-14,20H,7-8,15-19,21-22,35H2,1-6H3,(H,38,44)(H2,36,39,40). The highest BCUT2D eigenvalue weighted by atomic mass is 16.5. The summed E-state index contributed by atoms with van der Waals surface area (Å²) in [5.41, 5.74) is 13.3. The van der Waals surface area contributed by atoms with Crippen LogP contribution in [0.25, 0.3) is 11.2 Å². The summed E-state index contributed by atoms with van der Waals surface area (Å²) in [5, 5.41) is 10.5. The Morgan fingerprint density at radius 3 is 2.38 bits per heavy atom. The number of benzene rings is 1. The van der Waals surface area contributed by atoms with Crippen molar-refractivity contribution in [2.75, 3.05) is 32.5 Å². The van der Waals surface area contributed by atoms with Crippen molar-refractivity contribution in [2.45, 2.75) is 79.0 Å². The van der Waals surface area contributed by atoms with E-state index in [0.717, 1.165) is 30.4 Å². The van der Waals surface area contributed by atoms with Crippen LogP contribution in [0, 0.1) is 5.41 Å². The van der Waals surface area contributed by atoms with Crippen LogP contribution in [0.15, 0.2) is 42.6 Å². The lowest BCUT2D eigenvalue weighted by atomic mass is 9.87. The van der Waals surface area contributed by atoms with Crippen molar-refractivity contribution in [3.8, 4) is 23.7 Å². The molecule has 0 fully saturated rings. The molecule has 3 aromatic heterocycles. The van der Waals surface area contributed by atoms with Gasteiger partial charge < -0.3 is 35.7 Å². The van der Waals surface area contributed by atoms with Crippen molar-refractivity contribution in [3.63, 3.8) is 0 Å². The van der Waals surface area contributed by atoms with Gasteiger partial charge in [-0.1, -0.05) is 45.4 Å². The lowest BCUT2D eigenvalue weighted by molar-refractivity contribution is -0.141. The second-order valence-corrected chi connectivity index (χ2v) is 13.0. The SMILES string of the molecule is CCCCOc1nc(N)c2nc(O)n(Cc3ccc(Oc4ccc(CN(C)C(=O)C(C)(C)CCOC(C)(C)CCN)cc4)nc3)c2n1. The van der Waals surface area contributed by atoms with E-state index in [0.29, 0.717) is 55.5 Å². The normalized spacial score (nSPS) is 12.0. The molecule has 0 saturated carbocycles. The van der Waals surface area contributed by atoms with Gasteiger partial charge in [0.15, 0.2) is 17.0 Å². The molecule has 0 radical (unpaired) electrons. The molecular weight excluding hydrogens is 600 g/mol. The summed E-state index contributed by atoms with van der Waals surface area (Å²) in [4.78, 5) is 32.1. The third kappa shape index (κ3) is 9.52. The zero-order chi connectivity index (χ0) is 34.2. The molecule has 47 heavy (non-hydrogen) atoms. The van der Waals surface area contributed by atoms with E-state index < -0.39 is 5.41 Å². The number of amides is 1. The van der Waals surface area contributed by atoms with Crippen LogP contribution in [0.1, 0.15) is 71.4 Å². The molecular formula is C34H48N8O5. The zero-order valence-electron chi connectivity index (χ0n) is 28.3. The number of fused-ring (bicyclic) bond motifs is 1. The van der Waals surface area contributed by atoms with Crippen LogP contribution in [-0.2, 0) is 22.6 Å². The van der Waals surface area contributed by atoms with Gasteiger partial charge in [0.25, 0.3) is 6.01 Å². The first-order valence-corrected chi connectivity index (χ1v) is 16.0. The number of aromatic nitrogens is 5. The fourth-order valence-electron chi connectivity index (χ4n) is 5.01. The first kappa shape index (κ1) is 35.4. The molecule has 0 aliphatic rings. The lowest BCUT2D eigenvalue weighted by Gasteiger charge is -2.31. The quantitative estimate of drug-likeness (QED) is 0.131. The number of carbonyl (C=O) groups is 1. The highest BCUT2D eigenvalue weighted by Gasteiger charge is 2.31. The summed E-state index contributed by atoms with van der Waals surface area (Å²) < 4.78 is 19.1. The number of nitrogens with two attached hydrogens (primary N) is 2. The molecule has 0 atom stereocenters. The molecule has 4 rings (SSSR count). The molecule has 0 aliphatic carbocycles. The minimum atomic E-state index is -0.565. The average Bonchev–Trinajstić information content (AvgIpc) is 3.33. The first-order chi connectivity index (χ1) is 22.3. The molecule has 3 heterocycles. The van der Waals surface area contributed by atoms with Gasteiger partial charge in [-0.3, -0.25) is 9.36 Å². The molecule has 1 amide bonds. The topological polar surface area (TPSA) is 177 Å². The number of imidazole rings is 1. The lowest BCUT2D eigenvalue weighted by Crippen LogP contribution is -2.39. The molecule has 0 saturated heterocycles. The Labute approximate surface area is 276 Å². The van der Waals surface area contributed by atoms with E-state index in [9.17, 15) is 9.90 Å². The van der Waals surface area contributed by atoms with E-state index in [-0.39, 0.29) is 35.9 Å². The smallest absolute Gasteiger partial charge is 0.320 e. The fraction of sp³-hybridized carbons (Fsp3) is 0.500. The number of anilines is 1. The van der Waals surface area contributed by atoms with E-state index in [2.05, 4.69) is 26.9 Å². The summed E-state index contributed by atoms with van der Waals surface area (Å²) in [6.07, 6.45) is 4.87. The zero-order valence-corrected chi connectivity index (χ0v) is 28.3. The van der Waals surface area contributed by atoms with E-state index in [1.807, 2.05) is 65.1 Å². The number of rotatable bonds is 17. The number of nitrogens with zero attached hydrogens (tertiary/aromatic N) is 6. The Kier molecular flexibility index (Phi) is 11.6. The van der Waals surface area contributed by atoms with Crippen LogP contribution in [-0.4, -0.2) is 72.8 Å². The van der Waals surface area contributed by atoms with Crippen molar-refractivity contribution in [2.24, 2.45) is 11.1 Å². The minimum absolute atomic E-state index is 0.0519. The predicted molar refractivity (Wildman–Crippen MR) is 180 cm³/mol. The number of hydrogen-bond donors (Lipinski definition) is 3. The van der Waals surface area contributed by atoms with Gasteiger partial charge in [-0.05, 0) is 62.9 Å². The van der Waals surface area contributed by atoms with Crippen LogP contribution in [0.2, 0.25) is 0 Å². The summed E-state index contributed by atoms with van der Waals surface area (Å²) in [5.74, 6) is 1.21. The Balaban J connectivity index is 1.33. The Morgan fingerprint density at radius 1 is 1.00 bits per heavy atom. The van der Waals surface area contributed by atoms with Gasteiger partial charge >= 0.3 is 6.01 Å². The maximum Gasteiger partial charge on any atom is 0.320 e. The summed E-state index contributed by atoms with van der Waals surface area (Å²) in [6.45, 7) is 12.2. The monoisotopic (exact) mass is 648 g/mol. The van der Waals surface area contributed by atoms with Gasteiger partial charge in [0, 0.05) is 37.9 Å². The second kappa shape index (κ2) is 15.4. The van der Waals surface area contributed by atoms with Crippen LogP contribution >= 0.6 is 0 Å². The van der Waals surface area contributed by atoms with Crippen molar-refractivity contribution in [1.82, 2.24) is 29.4 Å². The van der Waals surface area contributed by atoms with E-state index in [1.165, 1.54) is 4.57 Å². The highest BCUT2D eigenvalue weighted by Crippen LogP contribution is 2.28. The van der Waals surface area contributed by atoms with Crippen molar-refractivity contribution in [3.05, 3.63) is 53.7 Å². The molecule has 0 bridgehead atoms. The maximum atomic E-state index is 13.2. The van der Waals surface area contributed by atoms with Gasteiger partial charge in [-0.25, -0.2) is 4.98 Å². The number of aromatic hydroxyl groups is 1. The summed E-state index contributed by atoms with van der Waals surface area (Å²) >= 11 is 0. The molecule has 4 aromatic rings. The largest absolute Gasteiger partial charge is 0.480 e. The minimum Gasteiger partial charge on any atom is -0.480 e. The van der Waals surface area contributed by atoms with Gasteiger partial charge in [0.1, 0.15) is 5.75 Å². The second-order valence-electron chi connectivity index (χ2n) is 13.0. The number of nitrogen functional groups attached to an aromatic ring is 1. The number of pyridine rings is 1. The Hall–Kier alpha value is -4.49. The molecule has 0 spiro atoms. The summed E-state index contributed by atoms with van der Waals surface area (Å²) in [6, 6.07) is 11.1. The number of ether oxygens (including phenoxy) is 3. The fourth-order valence-corrected chi connectivity index (χ4v) is 5.01. The number of unbranched alkanes of at least 4 members (excludes halogenated alkanes) is 1. The van der Waals surface area contributed by atoms with E-state index in [1.54, 1.807) is 17.2 Å². The van der Waals surface area contributed by atoms with Crippen LogP contribution in [0.4, 0.5) is 5.82 Å². The molecule has 5 N–H and O–H groups in total. The van der Waals surface area contributed by atoms with Crippen LogP contribution in [0.5, 0.6) is 23.7 Å². The molecule has 13 heteroatoms. The maximum absolute atomic E-state index is 13.2. The summed E-state index contributed by atoms with van der Waals surface area (Å²) in [7, 11) is 1.81. The van der Waals surface area contributed by atoms with Gasteiger partial charge in [0.2, 0.25) is 11.8 Å². The predicted octanol–water partition coefficient (Wildman–Crippen LogP) is 5.05. The van der Waals surface area contributed by atoms with Gasteiger partial charge in [0.05, 0.1) is 18.8 Å². The van der Waals surface area contributed by atoms with Crippen LogP contribution in [0.3, 0.4) is 0 Å². The molecule has 254 valence electrons. The van der Waals surface area contributed by atoms with Gasteiger partial charge in [-0.2, -0.15) is 15.0 Å². The van der Waals surface area contributed by atoms with Crippen molar-refractivity contribution < 1.29 is 24.1 Å². The number of hydrogen-bond acceptors (Lipinski definition) is 11. The molecule has 0 aliphatic heterocycles.